The molecule has 1 aromatic carbocycles. The lowest BCUT2D eigenvalue weighted by molar-refractivity contribution is -0.145. The maximum absolute atomic E-state index is 12.6. The van der Waals surface area contributed by atoms with Gasteiger partial charge in [-0.3, -0.25) is 4.79 Å². The number of benzene rings is 1. The van der Waals surface area contributed by atoms with Crippen LogP contribution in [0.3, 0.4) is 0 Å². The number of hydrogen-bond donors (Lipinski definition) is 1. The minimum absolute atomic E-state index is 0.0306. The van der Waals surface area contributed by atoms with E-state index in [1.54, 1.807) is 13.8 Å². The van der Waals surface area contributed by atoms with E-state index in [0.717, 1.165) is 0 Å². The molecule has 0 aromatic heterocycles. The zero-order valence-corrected chi connectivity index (χ0v) is 15.5. The third-order valence-electron chi connectivity index (χ3n) is 3.40. The zero-order valence-electron chi connectivity index (χ0n) is 14.0. The molecular formula is C16H20ClNO6S. The molecule has 0 amide bonds. The minimum atomic E-state index is -3.96. The van der Waals surface area contributed by atoms with E-state index in [1.807, 2.05) is 0 Å². The van der Waals surface area contributed by atoms with Gasteiger partial charge in [0.1, 0.15) is 25.9 Å². The molecule has 2 rings (SSSR count). The Balaban J connectivity index is 2.19. The third-order valence-corrected chi connectivity index (χ3v) is 4.95. The topological polar surface area (TPSA) is 90.9 Å². The highest BCUT2D eigenvalue weighted by molar-refractivity contribution is 7.89. The van der Waals surface area contributed by atoms with Crippen molar-refractivity contribution < 1.29 is 27.4 Å². The van der Waals surface area contributed by atoms with E-state index in [9.17, 15) is 13.2 Å². The highest BCUT2D eigenvalue weighted by Crippen LogP contribution is 2.32. The van der Waals surface area contributed by atoms with Crippen molar-refractivity contribution in [2.24, 2.45) is 5.92 Å². The number of hydrogen-bond acceptors (Lipinski definition) is 6. The molecule has 1 N–H and O–H groups in total. The van der Waals surface area contributed by atoms with E-state index < -0.39 is 22.0 Å². The maximum Gasteiger partial charge on any atom is 0.324 e. The second-order valence-electron chi connectivity index (χ2n) is 5.77. The third kappa shape index (κ3) is 5.10. The molecule has 1 atom stereocenters. The van der Waals surface area contributed by atoms with Gasteiger partial charge in [0, 0.05) is 11.1 Å². The monoisotopic (exact) mass is 389 g/mol. The number of halogens is 1. The van der Waals surface area contributed by atoms with Crippen LogP contribution in [-0.2, 0) is 19.6 Å². The van der Waals surface area contributed by atoms with Crippen molar-refractivity contribution in [3.8, 4) is 11.5 Å². The van der Waals surface area contributed by atoms with Crippen molar-refractivity contribution in [1.82, 2.24) is 4.72 Å². The van der Waals surface area contributed by atoms with E-state index in [1.165, 1.54) is 18.2 Å². The first-order valence-corrected chi connectivity index (χ1v) is 9.48. The Morgan fingerprint density at radius 2 is 1.96 bits per heavy atom. The Morgan fingerprint density at radius 1 is 1.32 bits per heavy atom. The van der Waals surface area contributed by atoms with Gasteiger partial charge in [-0.15, -0.1) is 0 Å². The Bertz CT molecular complexity index is 762. The number of fused-ring (bicyclic) bond motifs is 1. The number of rotatable bonds is 7. The lowest BCUT2D eigenvalue weighted by Crippen LogP contribution is -2.45. The predicted molar refractivity (Wildman–Crippen MR) is 92.3 cm³/mol. The highest BCUT2D eigenvalue weighted by Gasteiger charge is 2.30. The van der Waals surface area contributed by atoms with E-state index in [0.29, 0.717) is 24.7 Å². The van der Waals surface area contributed by atoms with Crippen molar-refractivity contribution in [1.29, 1.82) is 0 Å². The van der Waals surface area contributed by atoms with Crippen LogP contribution in [0.1, 0.15) is 13.8 Å². The number of nitrogens with one attached hydrogen (secondary N) is 1. The summed E-state index contributed by atoms with van der Waals surface area (Å²) in [5.74, 6) is -0.233. The fourth-order valence-corrected chi connectivity index (χ4v) is 3.52. The molecule has 138 valence electrons. The molecule has 7 nitrogen and oxygen atoms in total. The summed E-state index contributed by atoms with van der Waals surface area (Å²) in [5, 5.41) is 0.144. The first kappa shape index (κ1) is 19.6. The molecule has 0 unspecified atom stereocenters. The van der Waals surface area contributed by atoms with E-state index in [-0.39, 0.29) is 22.5 Å². The molecular weight excluding hydrogens is 370 g/mol. The van der Waals surface area contributed by atoms with Crippen LogP contribution in [0.4, 0.5) is 0 Å². The van der Waals surface area contributed by atoms with Gasteiger partial charge in [-0.1, -0.05) is 32.0 Å². The molecule has 0 saturated carbocycles. The molecule has 0 bridgehead atoms. The van der Waals surface area contributed by atoms with Gasteiger partial charge < -0.3 is 14.2 Å². The van der Waals surface area contributed by atoms with E-state index in [2.05, 4.69) is 11.3 Å². The number of ether oxygens (including phenoxy) is 3. The average molecular weight is 390 g/mol. The summed E-state index contributed by atoms with van der Waals surface area (Å²) in [6.07, 6.45) is 0. The number of sulfonamides is 1. The van der Waals surface area contributed by atoms with Crippen LogP contribution in [0.2, 0.25) is 0 Å². The Labute approximate surface area is 152 Å². The van der Waals surface area contributed by atoms with Crippen LogP contribution in [0.5, 0.6) is 11.5 Å². The average Bonchev–Trinajstić information content (AvgIpc) is 2.56. The van der Waals surface area contributed by atoms with Crippen LogP contribution in [-0.4, -0.2) is 40.2 Å². The molecule has 1 aliphatic rings. The largest absolute Gasteiger partial charge is 0.486 e. The van der Waals surface area contributed by atoms with E-state index in [4.69, 9.17) is 25.8 Å². The normalized spacial score (nSPS) is 14.9. The predicted octanol–water partition coefficient (Wildman–Crippen LogP) is 2.06. The van der Waals surface area contributed by atoms with Gasteiger partial charge in [0.25, 0.3) is 0 Å². The fraction of sp³-hybridized carbons (Fsp3) is 0.438. The van der Waals surface area contributed by atoms with Gasteiger partial charge in [0.05, 0.1) is 4.90 Å². The van der Waals surface area contributed by atoms with Crippen LogP contribution in [0, 0.1) is 5.92 Å². The Morgan fingerprint density at radius 3 is 2.56 bits per heavy atom. The zero-order chi connectivity index (χ0) is 18.6. The second-order valence-corrected chi connectivity index (χ2v) is 8.02. The molecule has 0 saturated heterocycles. The molecule has 1 aromatic rings. The molecule has 0 fully saturated rings. The van der Waals surface area contributed by atoms with Crippen molar-refractivity contribution >= 4 is 27.6 Å². The summed E-state index contributed by atoms with van der Waals surface area (Å²) in [4.78, 5) is 12.1. The van der Waals surface area contributed by atoms with Crippen LogP contribution in [0.25, 0.3) is 0 Å². The smallest absolute Gasteiger partial charge is 0.324 e. The van der Waals surface area contributed by atoms with Crippen molar-refractivity contribution in [2.45, 2.75) is 24.8 Å². The second kappa shape index (κ2) is 8.07. The maximum atomic E-state index is 12.6. The van der Waals surface area contributed by atoms with Crippen LogP contribution >= 0.6 is 11.6 Å². The van der Waals surface area contributed by atoms with Gasteiger partial charge in [-0.05, 0) is 18.1 Å². The fourth-order valence-electron chi connectivity index (χ4n) is 2.12. The quantitative estimate of drug-likeness (QED) is 0.718. The van der Waals surface area contributed by atoms with Crippen molar-refractivity contribution in [3.63, 3.8) is 0 Å². The van der Waals surface area contributed by atoms with Crippen LogP contribution in [0.15, 0.2) is 34.7 Å². The number of esters is 1. The lowest BCUT2D eigenvalue weighted by Gasteiger charge is -2.22. The molecule has 25 heavy (non-hydrogen) atoms. The first-order valence-electron chi connectivity index (χ1n) is 7.62. The minimum Gasteiger partial charge on any atom is -0.486 e. The molecule has 0 spiro atoms. The summed E-state index contributed by atoms with van der Waals surface area (Å²) in [7, 11) is -3.96. The SMILES string of the molecule is C=C(Cl)COC(=O)[C@@H](NS(=O)(=O)c1ccc2c(c1)OCCO2)C(C)C. The van der Waals surface area contributed by atoms with Crippen molar-refractivity contribution in [3.05, 3.63) is 29.8 Å². The molecule has 9 heteroatoms. The molecule has 0 aliphatic carbocycles. The molecule has 1 heterocycles. The summed E-state index contributed by atoms with van der Waals surface area (Å²) in [5.41, 5.74) is 0. The first-order chi connectivity index (χ1) is 11.7. The molecule has 1 aliphatic heterocycles. The lowest BCUT2D eigenvalue weighted by atomic mass is 10.1. The van der Waals surface area contributed by atoms with Gasteiger partial charge in [0.15, 0.2) is 11.5 Å². The highest BCUT2D eigenvalue weighted by atomic mass is 35.5. The Kier molecular flexibility index (Phi) is 6.31. The summed E-state index contributed by atoms with van der Waals surface area (Å²) in [6, 6.07) is 3.21. The number of carbonyl (C=O) groups excluding carboxylic acids is 1. The summed E-state index contributed by atoms with van der Waals surface area (Å²) in [6.45, 7) is 7.39. The molecule has 0 radical (unpaired) electrons. The van der Waals surface area contributed by atoms with Gasteiger partial charge >= 0.3 is 5.97 Å². The van der Waals surface area contributed by atoms with E-state index >= 15 is 0 Å². The van der Waals surface area contributed by atoms with Crippen molar-refractivity contribution in [2.75, 3.05) is 19.8 Å². The summed E-state index contributed by atoms with van der Waals surface area (Å²) >= 11 is 5.57. The van der Waals surface area contributed by atoms with Gasteiger partial charge in [0.2, 0.25) is 10.0 Å². The standard InChI is InChI=1S/C16H20ClNO6S/c1-10(2)15(16(19)24-9-11(3)17)18-25(20,21)12-4-5-13-14(8-12)23-7-6-22-13/h4-5,8,10,15,18H,3,6-7,9H2,1-2H3/t15-/m0/s1. The van der Waals surface area contributed by atoms with Crippen LogP contribution < -0.4 is 14.2 Å². The summed E-state index contributed by atoms with van der Waals surface area (Å²) < 4.78 is 43.3. The van der Waals surface area contributed by atoms with Gasteiger partial charge in [-0.25, -0.2) is 8.42 Å². The van der Waals surface area contributed by atoms with Gasteiger partial charge in [-0.2, -0.15) is 4.72 Å². The number of carbonyl (C=O) groups is 1. The Hall–Kier alpha value is -1.77.